The fraction of sp³-hybridized carbons (Fsp3) is 0.938. The molecule has 0 saturated heterocycles. The lowest BCUT2D eigenvalue weighted by molar-refractivity contribution is -0.128. The van der Waals surface area contributed by atoms with E-state index in [2.05, 4.69) is 26.1 Å². The van der Waals surface area contributed by atoms with Crippen LogP contribution in [0.1, 0.15) is 72.1 Å². The molecule has 19 heavy (non-hydrogen) atoms. The number of rotatable bonds is 2. The predicted octanol–water partition coefficient (Wildman–Crippen LogP) is 2.98. The zero-order chi connectivity index (χ0) is 14.1. The largest absolute Gasteiger partial charge is 0.351 e. The summed E-state index contributed by atoms with van der Waals surface area (Å²) in [7, 11) is 0. The van der Waals surface area contributed by atoms with Gasteiger partial charge in [-0.3, -0.25) is 4.79 Å². The van der Waals surface area contributed by atoms with Gasteiger partial charge in [-0.2, -0.15) is 0 Å². The topological polar surface area (TPSA) is 55.1 Å². The number of nitrogens with one attached hydrogen (secondary N) is 1. The Morgan fingerprint density at radius 3 is 2.26 bits per heavy atom. The number of nitrogens with two attached hydrogens (primary N) is 1. The van der Waals surface area contributed by atoms with E-state index in [0.717, 1.165) is 32.1 Å². The summed E-state index contributed by atoms with van der Waals surface area (Å²) < 4.78 is 0. The highest BCUT2D eigenvalue weighted by atomic mass is 16.2. The lowest BCUT2D eigenvalue weighted by Crippen LogP contribution is -2.57. The van der Waals surface area contributed by atoms with Crippen LogP contribution in [0.5, 0.6) is 0 Å². The molecule has 2 atom stereocenters. The molecule has 0 aliphatic heterocycles. The molecule has 2 rings (SSSR count). The van der Waals surface area contributed by atoms with Crippen molar-refractivity contribution < 1.29 is 4.79 Å². The van der Waals surface area contributed by atoms with Gasteiger partial charge in [0.25, 0.3) is 0 Å². The zero-order valence-electron chi connectivity index (χ0n) is 12.8. The molecule has 2 fully saturated rings. The van der Waals surface area contributed by atoms with E-state index in [1.807, 2.05) is 0 Å². The third-order valence-electron chi connectivity index (χ3n) is 5.14. The van der Waals surface area contributed by atoms with Crippen molar-refractivity contribution in [2.45, 2.75) is 83.7 Å². The van der Waals surface area contributed by atoms with Crippen molar-refractivity contribution in [2.24, 2.45) is 17.1 Å². The van der Waals surface area contributed by atoms with Gasteiger partial charge in [0.05, 0.1) is 5.54 Å². The summed E-state index contributed by atoms with van der Waals surface area (Å²) >= 11 is 0. The number of carbonyl (C=O) groups is 1. The summed E-state index contributed by atoms with van der Waals surface area (Å²) in [6.45, 7) is 6.86. The molecular formula is C16H30N2O. The highest BCUT2D eigenvalue weighted by molar-refractivity contribution is 5.86. The molecule has 1 amide bonds. The second kappa shape index (κ2) is 5.43. The van der Waals surface area contributed by atoms with Crippen molar-refractivity contribution >= 4 is 5.91 Å². The first-order chi connectivity index (χ1) is 8.83. The van der Waals surface area contributed by atoms with Crippen molar-refractivity contribution in [2.75, 3.05) is 0 Å². The van der Waals surface area contributed by atoms with Crippen molar-refractivity contribution in [3.05, 3.63) is 0 Å². The Morgan fingerprint density at radius 1 is 1.11 bits per heavy atom. The van der Waals surface area contributed by atoms with Crippen molar-refractivity contribution in [1.29, 1.82) is 0 Å². The van der Waals surface area contributed by atoms with Gasteiger partial charge in [-0.05, 0) is 37.0 Å². The van der Waals surface area contributed by atoms with Gasteiger partial charge in [0.2, 0.25) is 5.91 Å². The van der Waals surface area contributed by atoms with Gasteiger partial charge < -0.3 is 11.1 Å². The molecule has 2 unspecified atom stereocenters. The molecule has 0 heterocycles. The maximum Gasteiger partial charge on any atom is 0.240 e. The number of hydrogen-bond acceptors (Lipinski definition) is 2. The fourth-order valence-corrected chi connectivity index (χ4v) is 3.89. The zero-order valence-corrected chi connectivity index (χ0v) is 12.8. The van der Waals surface area contributed by atoms with Crippen molar-refractivity contribution in [1.82, 2.24) is 5.32 Å². The fourth-order valence-electron chi connectivity index (χ4n) is 3.89. The molecule has 3 nitrogen and oxygen atoms in total. The quantitative estimate of drug-likeness (QED) is 0.807. The monoisotopic (exact) mass is 266 g/mol. The highest BCUT2D eigenvalue weighted by Crippen LogP contribution is 2.38. The summed E-state index contributed by atoms with van der Waals surface area (Å²) in [5.41, 5.74) is 5.94. The average Bonchev–Trinajstić information content (AvgIpc) is 2.77. The average molecular weight is 266 g/mol. The molecule has 0 spiro atoms. The van der Waals surface area contributed by atoms with Crippen LogP contribution in [-0.2, 0) is 4.79 Å². The Morgan fingerprint density at radius 2 is 1.68 bits per heavy atom. The number of amides is 1. The standard InChI is InChI=1S/C16H30N2O/c1-15(2,3)12-8-4-5-9-13(12)18-14(19)16(17)10-6-7-11-16/h12-13H,4-11,17H2,1-3H3,(H,18,19). The van der Waals surface area contributed by atoms with E-state index in [4.69, 9.17) is 5.73 Å². The summed E-state index contributed by atoms with van der Waals surface area (Å²) in [6.07, 6.45) is 8.76. The number of hydrogen-bond donors (Lipinski definition) is 2. The Kier molecular flexibility index (Phi) is 4.24. The van der Waals surface area contributed by atoms with Crippen LogP contribution >= 0.6 is 0 Å². The van der Waals surface area contributed by atoms with Gasteiger partial charge in [-0.25, -0.2) is 0 Å². The van der Waals surface area contributed by atoms with Crippen molar-refractivity contribution in [3.63, 3.8) is 0 Å². The Bertz CT molecular complexity index is 326. The molecule has 0 aromatic rings. The van der Waals surface area contributed by atoms with E-state index >= 15 is 0 Å². The highest BCUT2D eigenvalue weighted by Gasteiger charge is 2.41. The van der Waals surface area contributed by atoms with E-state index in [-0.39, 0.29) is 11.3 Å². The van der Waals surface area contributed by atoms with E-state index in [1.54, 1.807) is 0 Å². The molecule has 3 N–H and O–H groups in total. The normalized spacial score (nSPS) is 31.2. The Labute approximate surface area is 117 Å². The van der Waals surface area contributed by atoms with Crippen LogP contribution in [-0.4, -0.2) is 17.5 Å². The van der Waals surface area contributed by atoms with E-state index in [1.165, 1.54) is 19.3 Å². The van der Waals surface area contributed by atoms with Crippen LogP contribution < -0.4 is 11.1 Å². The van der Waals surface area contributed by atoms with E-state index in [0.29, 0.717) is 12.0 Å². The van der Waals surface area contributed by atoms with Gasteiger partial charge in [0.1, 0.15) is 0 Å². The molecule has 2 saturated carbocycles. The lowest BCUT2D eigenvalue weighted by atomic mass is 9.69. The molecule has 3 heteroatoms. The molecule has 110 valence electrons. The molecular weight excluding hydrogens is 236 g/mol. The number of carbonyl (C=O) groups excluding carboxylic acids is 1. The first-order valence-corrected chi connectivity index (χ1v) is 7.93. The van der Waals surface area contributed by atoms with Gasteiger partial charge in [0, 0.05) is 6.04 Å². The molecule has 0 radical (unpaired) electrons. The van der Waals surface area contributed by atoms with E-state index in [9.17, 15) is 4.79 Å². The molecule has 2 aliphatic rings. The first-order valence-electron chi connectivity index (χ1n) is 7.93. The minimum atomic E-state index is -0.583. The minimum Gasteiger partial charge on any atom is -0.351 e. The van der Waals surface area contributed by atoms with Crippen LogP contribution in [0.2, 0.25) is 0 Å². The molecule has 0 aromatic carbocycles. The summed E-state index contributed by atoms with van der Waals surface area (Å²) in [5, 5.41) is 3.29. The molecule has 0 bridgehead atoms. The van der Waals surface area contributed by atoms with Crippen LogP contribution in [0.15, 0.2) is 0 Å². The smallest absolute Gasteiger partial charge is 0.240 e. The first kappa shape index (κ1) is 14.8. The van der Waals surface area contributed by atoms with Gasteiger partial charge >= 0.3 is 0 Å². The van der Waals surface area contributed by atoms with Gasteiger partial charge in [0.15, 0.2) is 0 Å². The van der Waals surface area contributed by atoms with Crippen LogP contribution in [0.3, 0.4) is 0 Å². The third-order valence-corrected chi connectivity index (χ3v) is 5.14. The van der Waals surface area contributed by atoms with Crippen molar-refractivity contribution in [3.8, 4) is 0 Å². The maximum absolute atomic E-state index is 12.5. The minimum absolute atomic E-state index is 0.103. The van der Waals surface area contributed by atoms with Crippen LogP contribution in [0, 0.1) is 11.3 Å². The second-order valence-corrected chi connectivity index (χ2v) is 7.70. The Hall–Kier alpha value is -0.570. The third kappa shape index (κ3) is 3.31. The maximum atomic E-state index is 12.5. The summed E-state index contributed by atoms with van der Waals surface area (Å²) in [4.78, 5) is 12.5. The Balaban J connectivity index is 2.01. The van der Waals surface area contributed by atoms with Crippen LogP contribution in [0.4, 0.5) is 0 Å². The van der Waals surface area contributed by atoms with Gasteiger partial charge in [-0.1, -0.05) is 46.5 Å². The SMILES string of the molecule is CC(C)(C)C1CCCCC1NC(=O)C1(N)CCCC1. The van der Waals surface area contributed by atoms with Crippen LogP contribution in [0.25, 0.3) is 0 Å². The predicted molar refractivity (Wildman–Crippen MR) is 78.7 cm³/mol. The lowest BCUT2D eigenvalue weighted by Gasteiger charge is -2.41. The van der Waals surface area contributed by atoms with Gasteiger partial charge in [-0.15, -0.1) is 0 Å². The molecule has 0 aromatic heterocycles. The van der Waals surface area contributed by atoms with E-state index < -0.39 is 5.54 Å². The molecule has 2 aliphatic carbocycles. The second-order valence-electron chi connectivity index (χ2n) is 7.70. The summed E-state index contributed by atoms with van der Waals surface area (Å²) in [5.74, 6) is 0.682. The summed E-state index contributed by atoms with van der Waals surface area (Å²) in [6, 6.07) is 0.322.